The van der Waals surface area contributed by atoms with Crippen molar-refractivity contribution in [1.29, 1.82) is 0 Å². The Morgan fingerprint density at radius 2 is 1.89 bits per heavy atom. The number of nitrogens with zero attached hydrogens (tertiary/aromatic N) is 1. The van der Waals surface area contributed by atoms with Gasteiger partial charge in [0.25, 0.3) is 0 Å². The summed E-state index contributed by atoms with van der Waals surface area (Å²) < 4.78 is 57.7. The normalized spacial score (nSPS) is 16.6. The average Bonchev–Trinajstić information content (AvgIpc) is 3.09. The zero-order chi connectivity index (χ0) is 19.9. The van der Waals surface area contributed by atoms with Gasteiger partial charge in [-0.1, -0.05) is 18.9 Å². The van der Waals surface area contributed by atoms with E-state index in [9.17, 15) is 17.6 Å². The van der Waals surface area contributed by atoms with Crippen LogP contribution in [0, 0.1) is 11.2 Å². The number of nitrogens with one attached hydrogen (secondary N) is 2. The maximum Gasteiger partial charge on any atom is 0.416 e. The van der Waals surface area contributed by atoms with Gasteiger partial charge in [-0.3, -0.25) is 4.99 Å². The molecule has 0 unspecified atom stereocenters. The van der Waals surface area contributed by atoms with Crippen LogP contribution < -0.4 is 10.6 Å². The highest BCUT2D eigenvalue weighted by molar-refractivity contribution is 14.0. The SMILES string of the molecule is CN=C(NCc1ccc(F)cc1C(F)(F)F)NCC1(CCOC)CCCC1.I. The van der Waals surface area contributed by atoms with Gasteiger partial charge in [0.05, 0.1) is 5.56 Å². The lowest BCUT2D eigenvalue weighted by atomic mass is 9.83. The predicted octanol–water partition coefficient (Wildman–Crippen LogP) is 4.72. The summed E-state index contributed by atoms with van der Waals surface area (Å²) in [5.41, 5.74) is -0.875. The maximum atomic E-state index is 13.2. The monoisotopic (exact) mass is 517 g/mol. The zero-order valence-electron chi connectivity index (χ0n) is 16.2. The standard InChI is InChI=1S/C19H27F4N3O.HI/c1-24-17(26-13-18(9-10-27-2)7-3-4-8-18)25-12-14-5-6-15(20)11-16(14)19(21,22)23;/h5-6,11H,3-4,7-10,12-13H2,1-2H3,(H2,24,25,26);1H. The first kappa shape index (κ1) is 24.9. The van der Waals surface area contributed by atoms with E-state index >= 15 is 0 Å². The molecule has 4 nitrogen and oxygen atoms in total. The van der Waals surface area contributed by atoms with Crippen molar-refractivity contribution in [1.82, 2.24) is 10.6 Å². The summed E-state index contributed by atoms with van der Waals surface area (Å²) in [6.07, 6.45) is 0.852. The molecule has 0 heterocycles. The van der Waals surface area contributed by atoms with Gasteiger partial charge < -0.3 is 15.4 Å². The van der Waals surface area contributed by atoms with Crippen LogP contribution in [0.3, 0.4) is 0 Å². The summed E-state index contributed by atoms with van der Waals surface area (Å²) in [5, 5.41) is 6.13. The van der Waals surface area contributed by atoms with Gasteiger partial charge in [0.15, 0.2) is 5.96 Å². The second-order valence-electron chi connectivity index (χ2n) is 7.03. The lowest BCUT2D eigenvalue weighted by Crippen LogP contribution is -2.43. The molecule has 9 heteroatoms. The molecule has 0 amide bonds. The van der Waals surface area contributed by atoms with E-state index < -0.39 is 17.6 Å². The number of rotatable bonds is 7. The number of benzene rings is 1. The van der Waals surface area contributed by atoms with Gasteiger partial charge in [0.1, 0.15) is 5.82 Å². The highest BCUT2D eigenvalue weighted by Gasteiger charge is 2.34. The van der Waals surface area contributed by atoms with Gasteiger partial charge in [0.2, 0.25) is 0 Å². The van der Waals surface area contributed by atoms with E-state index in [2.05, 4.69) is 15.6 Å². The zero-order valence-corrected chi connectivity index (χ0v) is 18.5. The Balaban J connectivity index is 0.00000392. The van der Waals surface area contributed by atoms with Crippen LogP contribution in [-0.4, -0.2) is 33.3 Å². The molecule has 1 saturated carbocycles. The molecule has 2 rings (SSSR count). The molecule has 0 aromatic heterocycles. The van der Waals surface area contributed by atoms with Gasteiger partial charge in [-0.15, -0.1) is 24.0 Å². The van der Waals surface area contributed by atoms with E-state index in [-0.39, 0.29) is 41.5 Å². The van der Waals surface area contributed by atoms with Crippen molar-refractivity contribution >= 4 is 29.9 Å². The molecular weight excluding hydrogens is 489 g/mol. The third-order valence-corrected chi connectivity index (χ3v) is 5.18. The molecule has 1 aromatic carbocycles. The summed E-state index contributed by atoms with van der Waals surface area (Å²) in [7, 11) is 3.25. The van der Waals surface area contributed by atoms with Crippen molar-refractivity contribution in [2.24, 2.45) is 10.4 Å². The summed E-state index contributed by atoms with van der Waals surface area (Å²) in [5.74, 6) is -0.481. The minimum atomic E-state index is -4.61. The molecular formula is C19H28F4IN3O. The van der Waals surface area contributed by atoms with Crippen molar-refractivity contribution < 1.29 is 22.3 Å². The first-order valence-corrected chi connectivity index (χ1v) is 9.09. The summed E-state index contributed by atoms with van der Waals surface area (Å²) in [6.45, 7) is 1.27. The van der Waals surface area contributed by atoms with E-state index in [0.717, 1.165) is 31.4 Å². The Kier molecular flexibility index (Phi) is 9.96. The molecule has 2 N–H and O–H groups in total. The first-order chi connectivity index (χ1) is 12.8. The molecule has 160 valence electrons. The quantitative estimate of drug-likeness (QED) is 0.238. The topological polar surface area (TPSA) is 45.7 Å². The van der Waals surface area contributed by atoms with Crippen LogP contribution in [0.2, 0.25) is 0 Å². The molecule has 28 heavy (non-hydrogen) atoms. The van der Waals surface area contributed by atoms with E-state index in [1.807, 2.05) is 0 Å². The van der Waals surface area contributed by atoms with Crippen LogP contribution in [0.1, 0.15) is 43.2 Å². The van der Waals surface area contributed by atoms with Crippen LogP contribution in [0.5, 0.6) is 0 Å². The summed E-state index contributed by atoms with van der Waals surface area (Å²) in [6, 6.07) is 2.70. The number of aliphatic imine (C=N–C) groups is 1. The molecule has 0 spiro atoms. The minimum Gasteiger partial charge on any atom is -0.385 e. The van der Waals surface area contributed by atoms with Crippen LogP contribution in [-0.2, 0) is 17.5 Å². The summed E-state index contributed by atoms with van der Waals surface area (Å²) >= 11 is 0. The largest absolute Gasteiger partial charge is 0.416 e. The average molecular weight is 517 g/mol. The van der Waals surface area contributed by atoms with Gasteiger partial charge >= 0.3 is 6.18 Å². The Bertz CT molecular complexity index is 647. The summed E-state index contributed by atoms with van der Waals surface area (Å²) in [4.78, 5) is 4.09. The molecule has 0 aliphatic heterocycles. The molecule has 0 radical (unpaired) electrons. The van der Waals surface area contributed by atoms with Gasteiger partial charge in [-0.05, 0) is 42.4 Å². The number of hydrogen-bond acceptors (Lipinski definition) is 2. The second-order valence-corrected chi connectivity index (χ2v) is 7.03. The number of hydrogen-bond donors (Lipinski definition) is 2. The fraction of sp³-hybridized carbons (Fsp3) is 0.632. The Hall–Kier alpha value is -1.10. The third-order valence-electron chi connectivity index (χ3n) is 5.18. The maximum absolute atomic E-state index is 13.2. The second kappa shape index (κ2) is 11.2. The molecule has 1 fully saturated rings. The van der Waals surface area contributed by atoms with Gasteiger partial charge in [-0.25, -0.2) is 4.39 Å². The molecule has 0 bridgehead atoms. The Morgan fingerprint density at radius 1 is 1.21 bits per heavy atom. The number of methoxy groups -OCH3 is 1. The first-order valence-electron chi connectivity index (χ1n) is 9.09. The fourth-order valence-corrected chi connectivity index (χ4v) is 3.60. The highest BCUT2D eigenvalue weighted by Crippen LogP contribution is 2.40. The minimum absolute atomic E-state index is 0. The van der Waals surface area contributed by atoms with Crippen molar-refractivity contribution in [3.8, 4) is 0 Å². The van der Waals surface area contributed by atoms with Crippen LogP contribution >= 0.6 is 24.0 Å². The van der Waals surface area contributed by atoms with Crippen molar-refractivity contribution in [3.63, 3.8) is 0 Å². The van der Waals surface area contributed by atoms with Crippen LogP contribution in [0.25, 0.3) is 0 Å². The van der Waals surface area contributed by atoms with Gasteiger partial charge in [0, 0.05) is 33.9 Å². The smallest absolute Gasteiger partial charge is 0.385 e. The van der Waals surface area contributed by atoms with Crippen LogP contribution in [0.15, 0.2) is 23.2 Å². The Labute approximate surface area is 180 Å². The fourth-order valence-electron chi connectivity index (χ4n) is 3.60. The molecule has 1 aliphatic carbocycles. The lowest BCUT2D eigenvalue weighted by molar-refractivity contribution is -0.138. The lowest BCUT2D eigenvalue weighted by Gasteiger charge is -2.30. The Morgan fingerprint density at radius 3 is 2.46 bits per heavy atom. The van der Waals surface area contributed by atoms with E-state index in [1.165, 1.54) is 12.8 Å². The highest BCUT2D eigenvalue weighted by atomic mass is 127. The molecule has 0 saturated heterocycles. The predicted molar refractivity (Wildman–Crippen MR) is 112 cm³/mol. The number of guanidine groups is 1. The molecule has 1 aliphatic rings. The number of alkyl halides is 3. The van der Waals surface area contributed by atoms with Crippen molar-refractivity contribution in [3.05, 3.63) is 35.1 Å². The van der Waals surface area contributed by atoms with E-state index in [1.54, 1.807) is 14.2 Å². The molecule has 0 atom stereocenters. The van der Waals surface area contributed by atoms with E-state index in [4.69, 9.17) is 4.74 Å². The van der Waals surface area contributed by atoms with Crippen molar-refractivity contribution in [2.75, 3.05) is 27.3 Å². The molecule has 1 aromatic rings. The van der Waals surface area contributed by atoms with Crippen LogP contribution in [0.4, 0.5) is 17.6 Å². The number of ether oxygens (including phenoxy) is 1. The van der Waals surface area contributed by atoms with Gasteiger partial charge in [-0.2, -0.15) is 13.2 Å². The van der Waals surface area contributed by atoms with Crippen molar-refractivity contribution in [2.45, 2.75) is 44.8 Å². The third kappa shape index (κ3) is 7.06. The van der Waals surface area contributed by atoms with E-state index in [0.29, 0.717) is 25.2 Å². The number of halogens is 5.